The zero-order valence-electron chi connectivity index (χ0n) is 8.71. The Morgan fingerprint density at radius 2 is 1.21 bits per heavy atom. The molecule has 11 heteroatoms. The summed E-state index contributed by atoms with van der Waals surface area (Å²) in [5, 5.41) is 0. The zero-order valence-corrected chi connectivity index (χ0v) is 8.71. The smallest absolute Gasteiger partial charge is 0.422 e. The second kappa shape index (κ2) is 4.93. The van der Waals surface area contributed by atoms with E-state index in [-0.39, 0.29) is 0 Å². The van der Waals surface area contributed by atoms with Gasteiger partial charge in [-0.05, 0) is 0 Å². The fraction of sp³-hybridized carbons (Fsp3) is 0.625. The molecule has 0 aromatic carbocycles. The molecule has 0 spiro atoms. The van der Waals surface area contributed by atoms with Gasteiger partial charge in [0.15, 0.2) is 0 Å². The number of ether oxygens (including phenoxy) is 1. The van der Waals surface area contributed by atoms with Crippen molar-refractivity contribution in [3.8, 4) is 0 Å². The van der Waals surface area contributed by atoms with Crippen molar-refractivity contribution in [1.82, 2.24) is 0 Å². The summed E-state index contributed by atoms with van der Waals surface area (Å²) in [6.45, 7) is 1.55. The minimum Gasteiger partial charge on any atom is -0.460 e. The van der Waals surface area contributed by atoms with Crippen LogP contribution in [0.2, 0.25) is 0 Å². The number of rotatable bonds is 3. The molecule has 0 amide bonds. The maximum atomic E-state index is 12.3. The largest absolute Gasteiger partial charge is 0.460 e. The lowest BCUT2D eigenvalue weighted by Gasteiger charge is -2.35. The highest BCUT2D eigenvalue weighted by molar-refractivity contribution is 5.80. The number of alkyl halides is 9. The fourth-order valence-electron chi connectivity index (χ4n) is 1.07. The van der Waals surface area contributed by atoms with Gasteiger partial charge in [-0.2, -0.15) is 39.5 Å². The van der Waals surface area contributed by atoms with Gasteiger partial charge in [0.2, 0.25) is 0 Å². The van der Waals surface area contributed by atoms with Crippen molar-refractivity contribution in [3.63, 3.8) is 0 Å². The molecule has 0 atom stereocenters. The third-order valence-corrected chi connectivity index (χ3v) is 1.91. The molecule has 0 aromatic heterocycles. The molecule has 0 radical (unpaired) electrons. The Morgan fingerprint density at radius 1 is 0.895 bits per heavy atom. The van der Waals surface area contributed by atoms with Gasteiger partial charge in [-0.3, -0.25) is 4.79 Å². The summed E-state index contributed by atoms with van der Waals surface area (Å²) in [6.07, 6.45) is -20.4. The molecule has 0 bridgehead atoms. The van der Waals surface area contributed by atoms with Crippen molar-refractivity contribution in [2.24, 2.45) is 5.41 Å². The van der Waals surface area contributed by atoms with Crippen LogP contribution in [0.3, 0.4) is 0 Å². The predicted octanol–water partition coefficient (Wildman–Crippen LogP) is 3.39. The van der Waals surface area contributed by atoms with Crippen LogP contribution in [0.4, 0.5) is 39.5 Å². The number of carbonyl (C=O) groups excluding carboxylic acids is 1. The van der Waals surface area contributed by atoms with Crippen molar-refractivity contribution < 1.29 is 49.0 Å². The van der Waals surface area contributed by atoms with Crippen LogP contribution in [0, 0.1) is 5.41 Å². The predicted molar refractivity (Wildman–Crippen MR) is 41.8 cm³/mol. The summed E-state index contributed by atoms with van der Waals surface area (Å²) in [7, 11) is 0. The number of carbonyl (C=O) groups is 1. The van der Waals surface area contributed by atoms with E-state index in [2.05, 4.69) is 11.3 Å². The Bertz CT molecular complexity index is 313. The third-order valence-electron chi connectivity index (χ3n) is 1.91. The molecule has 0 saturated heterocycles. The van der Waals surface area contributed by atoms with Gasteiger partial charge in [0, 0.05) is 0 Å². The normalized spacial score (nSPS) is 14.2. The van der Waals surface area contributed by atoms with E-state index < -0.39 is 36.5 Å². The first-order valence-corrected chi connectivity index (χ1v) is 4.21. The summed E-state index contributed by atoms with van der Waals surface area (Å²) in [5.74, 6) is -3.50. The van der Waals surface area contributed by atoms with E-state index >= 15 is 0 Å². The van der Waals surface area contributed by atoms with Crippen molar-refractivity contribution in [1.29, 1.82) is 0 Å². The molecule has 0 saturated carbocycles. The summed E-state index contributed by atoms with van der Waals surface area (Å²) in [5.41, 5.74) is -6.59. The zero-order chi connectivity index (χ0) is 15.7. The molecule has 0 N–H and O–H groups in total. The summed E-state index contributed by atoms with van der Waals surface area (Å²) >= 11 is 0. The average Bonchev–Trinajstić information content (AvgIpc) is 2.07. The lowest BCUT2D eigenvalue weighted by atomic mass is 9.85. The number of esters is 1. The Morgan fingerprint density at radius 3 is 1.42 bits per heavy atom. The van der Waals surface area contributed by atoms with Crippen molar-refractivity contribution in [2.45, 2.75) is 18.5 Å². The molecule has 0 fully saturated rings. The molecule has 2 nitrogen and oxygen atoms in total. The van der Waals surface area contributed by atoms with E-state index in [9.17, 15) is 44.3 Å². The molecule has 0 heterocycles. The van der Waals surface area contributed by atoms with E-state index in [1.54, 1.807) is 0 Å². The fourth-order valence-corrected chi connectivity index (χ4v) is 1.07. The monoisotopic (exact) mass is 304 g/mol. The first-order valence-electron chi connectivity index (χ1n) is 4.21. The first kappa shape index (κ1) is 17.6. The molecule has 0 aliphatic rings. The van der Waals surface area contributed by atoms with E-state index in [1.807, 2.05) is 0 Å². The summed E-state index contributed by atoms with van der Waals surface area (Å²) in [4.78, 5) is 10.7. The highest BCUT2D eigenvalue weighted by atomic mass is 19.4. The van der Waals surface area contributed by atoms with Crippen LogP contribution in [0.15, 0.2) is 12.7 Å². The summed E-state index contributed by atoms with van der Waals surface area (Å²) in [6, 6.07) is 0. The second-order valence-corrected chi connectivity index (χ2v) is 3.13. The van der Waals surface area contributed by atoms with E-state index in [0.717, 1.165) is 0 Å². The number of halogens is 9. The van der Waals surface area contributed by atoms with Gasteiger partial charge < -0.3 is 4.74 Å². The Hall–Kier alpha value is -1.42. The van der Waals surface area contributed by atoms with Crippen LogP contribution in [0.1, 0.15) is 0 Å². The lowest BCUT2D eigenvalue weighted by Crippen LogP contribution is -2.64. The molecule has 0 aliphatic heterocycles. The number of hydrogen-bond acceptors (Lipinski definition) is 2. The molecule has 112 valence electrons. The van der Waals surface area contributed by atoms with Gasteiger partial charge >= 0.3 is 29.9 Å². The highest BCUT2D eigenvalue weighted by Crippen LogP contribution is 2.59. The minimum atomic E-state index is -6.96. The maximum Gasteiger partial charge on any atom is 0.422 e. The highest BCUT2D eigenvalue weighted by Gasteiger charge is 2.89. The van der Waals surface area contributed by atoms with Crippen LogP contribution >= 0.6 is 0 Å². The van der Waals surface area contributed by atoms with Gasteiger partial charge in [0.25, 0.3) is 0 Å². The van der Waals surface area contributed by atoms with E-state index in [0.29, 0.717) is 6.08 Å². The van der Waals surface area contributed by atoms with Gasteiger partial charge in [-0.1, -0.05) is 12.7 Å². The van der Waals surface area contributed by atoms with Gasteiger partial charge in [-0.25, -0.2) is 0 Å². The molecule has 0 aliphatic carbocycles. The van der Waals surface area contributed by atoms with Crippen molar-refractivity contribution >= 4 is 5.97 Å². The Balaban J connectivity index is 6.11. The van der Waals surface area contributed by atoms with Gasteiger partial charge in [-0.15, -0.1) is 0 Å². The van der Waals surface area contributed by atoms with Crippen molar-refractivity contribution in [3.05, 3.63) is 12.7 Å². The second-order valence-electron chi connectivity index (χ2n) is 3.13. The third kappa shape index (κ3) is 2.78. The van der Waals surface area contributed by atoms with Gasteiger partial charge in [0.1, 0.15) is 6.61 Å². The van der Waals surface area contributed by atoms with Crippen LogP contribution in [0.25, 0.3) is 0 Å². The summed E-state index contributed by atoms with van der Waals surface area (Å²) < 4.78 is 114. The molecule has 0 unspecified atom stereocenters. The molecular formula is C8H5F9O2. The average molecular weight is 304 g/mol. The van der Waals surface area contributed by atoms with Crippen LogP contribution in [0.5, 0.6) is 0 Å². The van der Waals surface area contributed by atoms with Crippen LogP contribution < -0.4 is 0 Å². The van der Waals surface area contributed by atoms with E-state index in [4.69, 9.17) is 0 Å². The van der Waals surface area contributed by atoms with Crippen molar-refractivity contribution in [2.75, 3.05) is 6.61 Å². The minimum absolute atomic E-state index is 0.520. The van der Waals surface area contributed by atoms with Crippen LogP contribution in [-0.2, 0) is 9.53 Å². The molecular weight excluding hydrogens is 299 g/mol. The Labute approximate surface area is 99.4 Å². The standard InChI is InChI=1S/C8H5F9O2/c1-2-3-19-4(18)5(6(9,10)11,7(12,13)14)8(15,16)17/h2H,1,3H2. The van der Waals surface area contributed by atoms with Crippen LogP contribution in [-0.4, -0.2) is 31.1 Å². The SMILES string of the molecule is C=CCOC(=O)C(C(F)(F)F)(C(F)(F)F)C(F)(F)F. The molecule has 0 aromatic rings. The molecule has 19 heavy (non-hydrogen) atoms. The van der Waals surface area contributed by atoms with Gasteiger partial charge in [0.05, 0.1) is 0 Å². The first-order chi connectivity index (χ1) is 8.23. The lowest BCUT2D eigenvalue weighted by molar-refractivity contribution is -0.412. The number of hydrogen-bond donors (Lipinski definition) is 0. The molecule has 0 rings (SSSR count). The quantitative estimate of drug-likeness (QED) is 0.454. The van der Waals surface area contributed by atoms with E-state index in [1.165, 1.54) is 0 Å². The maximum absolute atomic E-state index is 12.3. The topological polar surface area (TPSA) is 26.3 Å². The Kier molecular flexibility index (Phi) is 4.56.